The number of anilines is 1. The highest BCUT2D eigenvalue weighted by atomic mass is 35.5. The number of hydrogen-bond acceptors (Lipinski definition) is 6. The molecule has 0 bridgehead atoms. The van der Waals surface area contributed by atoms with Crippen molar-refractivity contribution >= 4 is 33.2 Å². The van der Waals surface area contributed by atoms with Gasteiger partial charge in [-0.2, -0.15) is 4.98 Å². The number of carbonyl (C=O) groups excluding carboxylic acids is 1. The summed E-state index contributed by atoms with van der Waals surface area (Å²) in [7, 11) is -3.86. The first-order valence-electron chi connectivity index (χ1n) is 8.80. The molecule has 152 valence electrons. The van der Waals surface area contributed by atoms with Gasteiger partial charge < -0.3 is 9.84 Å². The van der Waals surface area contributed by atoms with Crippen LogP contribution in [-0.4, -0.2) is 31.0 Å². The molecule has 0 saturated carbocycles. The summed E-state index contributed by atoms with van der Waals surface area (Å²) in [6.45, 7) is 2.11. The Bertz CT molecular complexity index is 1100. The topological polar surface area (TPSA) is 114 Å². The molecule has 0 aliphatic rings. The molecule has 29 heavy (non-hydrogen) atoms. The van der Waals surface area contributed by atoms with Gasteiger partial charge in [0, 0.05) is 18.0 Å². The number of rotatable bonds is 8. The number of para-hydroxylation sites is 1. The van der Waals surface area contributed by atoms with Crippen molar-refractivity contribution in [1.29, 1.82) is 0 Å². The predicted molar refractivity (Wildman–Crippen MR) is 108 cm³/mol. The summed E-state index contributed by atoms with van der Waals surface area (Å²) in [6.07, 6.45) is 1.14. The van der Waals surface area contributed by atoms with Crippen LogP contribution in [0.1, 0.15) is 28.5 Å². The van der Waals surface area contributed by atoms with Crippen LogP contribution in [-0.2, 0) is 16.4 Å². The molecule has 0 aliphatic heterocycles. The number of carbonyl (C=O) groups is 1. The van der Waals surface area contributed by atoms with Crippen molar-refractivity contribution in [3.63, 3.8) is 0 Å². The summed E-state index contributed by atoms with van der Waals surface area (Å²) < 4.78 is 32.7. The Balaban J connectivity index is 1.64. The minimum Gasteiger partial charge on any atom is -0.352 e. The van der Waals surface area contributed by atoms with E-state index in [1.54, 1.807) is 25.1 Å². The normalized spacial score (nSPS) is 11.2. The van der Waals surface area contributed by atoms with E-state index in [1.165, 1.54) is 30.3 Å². The van der Waals surface area contributed by atoms with Gasteiger partial charge in [0.05, 0.1) is 16.1 Å². The van der Waals surface area contributed by atoms with E-state index in [0.717, 1.165) is 0 Å². The maximum absolute atomic E-state index is 12.6. The molecule has 1 heterocycles. The van der Waals surface area contributed by atoms with Gasteiger partial charge in [-0.1, -0.05) is 28.9 Å². The summed E-state index contributed by atoms with van der Waals surface area (Å²) in [5.41, 5.74) is 0.408. The van der Waals surface area contributed by atoms with E-state index >= 15 is 0 Å². The molecule has 2 N–H and O–H groups in total. The first kappa shape index (κ1) is 20.8. The van der Waals surface area contributed by atoms with Crippen molar-refractivity contribution in [2.75, 3.05) is 11.3 Å². The van der Waals surface area contributed by atoms with Crippen LogP contribution in [0.4, 0.5) is 5.69 Å². The molecule has 0 unspecified atom stereocenters. The van der Waals surface area contributed by atoms with Crippen molar-refractivity contribution < 1.29 is 17.7 Å². The average Bonchev–Trinajstić information content (AvgIpc) is 3.10. The van der Waals surface area contributed by atoms with Gasteiger partial charge in [-0.25, -0.2) is 8.42 Å². The van der Waals surface area contributed by atoms with Crippen LogP contribution in [0.25, 0.3) is 0 Å². The van der Waals surface area contributed by atoms with Gasteiger partial charge in [0.15, 0.2) is 5.82 Å². The van der Waals surface area contributed by atoms with Crippen LogP contribution < -0.4 is 10.0 Å². The molecule has 0 saturated heterocycles. The van der Waals surface area contributed by atoms with Crippen LogP contribution >= 0.6 is 11.6 Å². The number of aryl methyl sites for hydroxylation is 2. The van der Waals surface area contributed by atoms with Crippen LogP contribution in [0, 0.1) is 6.92 Å². The van der Waals surface area contributed by atoms with E-state index in [2.05, 4.69) is 20.2 Å². The van der Waals surface area contributed by atoms with Crippen LogP contribution in [0.15, 0.2) is 57.9 Å². The molecule has 2 aromatic carbocycles. The lowest BCUT2D eigenvalue weighted by molar-refractivity contribution is 0.0954. The van der Waals surface area contributed by atoms with E-state index < -0.39 is 10.0 Å². The van der Waals surface area contributed by atoms with E-state index in [9.17, 15) is 13.2 Å². The molecular formula is C19H19ClN4O4S. The lowest BCUT2D eigenvalue weighted by atomic mass is 10.1. The first-order valence-corrected chi connectivity index (χ1v) is 10.7. The monoisotopic (exact) mass is 434 g/mol. The fraction of sp³-hybridized carbons (Fsp3) is 0.211. The Morgan fingerprint density at radius 2 is 1.86 bits per heavy atom. The van der Waals surface area contributed by atoms with Gasteiger partial charge in [-0.3, -0.25) is 9.52 Å². The maximum Gasteiger partial charge on any atom is 0.261 e. The second-order valence-electron chi connectivity index (χ2n) is 6.20. The molecule has 8 nitrogen and oxygen atoms in total. The third-order valence-corrected chi connectivity index (χ3v) is 5.60. The van der Waals surface area contributed by atoms with Gasteiger partial charge in [0.2, 0.25) is 5.89 Å². The first-order chi connectivity index (χ1) is 13.8. The molecule has 0 aliphatic carbocycles. The smallest absolute Gasteiger partial charge is 0.261 e. The Morgan fingerprint density at radius 1 is 1.14 bits per heavy atom. The van der Waals surface area contributed by atoms with E-state index in [-0.39, 0.29) is 22.1 Å². The van der Waals surface area contributed by atoms with Gasteiger partial charge in [0.25, 0.3) is 15.9 Å². The van der Waals surface area contributed by atoms with Gasteiger partial charge >= 0.3 is 0 Å². The van der Waals surface area contributed by atoms with Gasteiger partial charge in [-0.15, -0.1) is 0 Å². The minimum atomic E-state index is -3.86. The number of sulfonamides is 1. The van der Waals surface area contributed by atoms with E-state index in [0.29, 0.717) is 36.1 Å². The van der Waals surface area contributed by atoms with Crippen molar-refractivity contribution in [2.24, 2.45) is 0 Å². The van der Waals surface area contributed by atoms with Crippen molar-refractivity contribution in [1.82, 2.24) is 15.5 Å². The fourth-order valence-electron chi connectivity index (χ4n) is 2.57. The summed E-state index contributed by atoms with van der Waals surface area (Å²) in [6, 6.07) is 12.2. The van der Waals surface area contributed by atoms with Crippen LogP contribution in [0.5, 0.6) is 0 Å². The molecule has 3 aromatic rings. The van der Waals surface area contributed by atoms with Crippen LogP contribution in [0.2, 0.25) is 5.02 Å². The zero-order valence-corrected chi connectivity index (χ0v) is 17.1. The largest absolute Gasteiger partial charge is 0.352 e. The Morgan fingerprint density at radius 3 is 2.55 bits per heavy atom. The number of halogens is 1. The lowest BCUT2D eigenvalue weighted by Crippen LogP contribution is -2.26. The molecule has 0 spiro atoms. The van der Waals surface area contributed by atoms with Crippen molar-refractivity contribution in [3.05, 3.63) is 70.8 Å². The number of benzene rings is 2. The van der Waals surface area contributed by atoms with E-state index in [1.807, 2.05) is 0 Å². The third-order valence-electron chi connectivity index (χ3n) is 3.96. The number of hydrogen-bond donors (Lipinski definition) is 2. The molecule has 0 radical (unpaired) electrons. The zero-order chi connectivity index (χ0) is 20.9. The Hall–Kier alpha value is -2.91. The SMILES string of the molecule is Cc1noc(CCCNC(=O)c2ccccc2NS(=O)(=O)c2ccc(Cl)cc2)n1. The number of nitrogens with zero attached hydrogens (tertiary/aromatic N) is 2. The molecule has 0 atom stereocenters. The molecule has 0 fully saturated rings. The maximum atomic E-state index is 12.6. The highest BCUT2D eigenvalue weighted by molar-refractivity contribution is 7.92. The molecule has 3 rings (SSSR count). The Labute approximate surface area is 173 Å². The van der Waals surface area contributed by atoms with Crippen molar-refractivity contribution in [3.8, 4) is 0 Å². The number of aromatic nitrogens is 2. The highest BCUT2D eigenvalue weighted by Crippen LogP contribution is 2.21. The zero-order valence-electron chi connectivity index (χ0n) is 15.6. The minimum absolute atomic E-state index is 0.0481. The summed E-state index contributed by atoms with van der Waals surface area (Å²) in [5, 5.41) is 6.91. The van der Waals surface area contributed by atoms with Crippen LogP contribution in [0.3, 0.4) is 0 Å². The van der Waals surface area contributed by atoms with Gasteiger partial charge in [0.1, 0.15) is 0 Å². The number of nitrogens with one attached hydrogen (secondary N) is 2. The average molecular weight is 435 g/mol. The van der Waals surface area contributed by atoms with E-state index in [4.69, 9.17) is 16.1 Å². The second-order valence-corrected chi connectivity index (χ2v) is 8.32. The third kappa shape index (κ3) is 5.55. The predicted octanol–water partition coefficient (Wildman–Crippen LogP) is 3.19. The fourth-order valence-corrected chi connectivity index (χ4v) is 3.77. The molecule has 1 aromatic heterocycles. The van der Waals surface area contributed by atoms with Crippen molar-refractivity contribution in [2.45, 2.75) is 24.7 Å². The molecule has 1 amide bonds. The number of amides is 1. The highest BCUT2D eigenvalue weighted by Gasteiger charge is 2.18. The van der Waals surface area contributed by atoms with Gasteiger partial charge in [-0.05, 0) is 49.7 Å². The molecule has 10 heteroatoms. The lowest BCUT2D eigenvalue weighted by Gasteiger charge is -2.13. The Kier molecular flexibility index (Phi) is 6.50. The standard InChI is InChI=1S/C19H19ClN4O4S/c1-13-22-18(28-23-13)7-4-12-21-19(25)16-5-2-3-6-17(16)24-29(26,27)15-10-8-14(20)9-11-15/h2-3,5-6,8-11,24H,4,7,12H2,1H3,(H,21,25). The second kappa shape index (κ2) is 9.06. The summed E-state index contributed by atoms with van der Waals surface area (Å²) >= 11 is 5.81. The quantitative estimate of drug-likeness (QED) is 0.526. The summed E-state index contributed by atoms with van der Waals surface area (Å²) in [4.78, 5) is 16.7. The summed E-state index contributed by atoms with van der Waals surface area (Å²) in [5.74, 6) is 0.680. The molecular weight excluding hydrogens is 416 g/mol.